The van der Waals surface area contributed by atoms with Gasteiger partial charge < -0.3 is 9.64 Å². The van der Waals surface area contributed by atoms with Crippen LogP contribution in [0, 0.1) is 29.8 Å². The number of carbonyl (C=O) groups excluding carboxylic acids is 1. The Morgan fingerprint density at radius 2 is 1.82 bits per heavy atom. The smallest absolute Gasteiger partial charge is 0.223 e. The first-order valence-electron chi connectivity index (χ1n) is 8.99. The van der Waals surface area contributed by atoms with Crippen LogP contribution in [0.5, 0.6) is 0 Å². The van der Waals surface area contributed by atoms with Crippen LogP contribution in [0.1, 0.15) is 43.0 Å². The molecule has 0 aromatic heterocycles. The summed E-state index contributed by atoms with van der Waals surface area (Å²) in [6.45, 7) is 1.82. The van der Waals surface area contributed by atoms with Crippen molar-refractivity contribution in [1.82, 2.24) is 4.90 Å². The highest BCUT2D eigenvalue weighted by Gasteiger charge is 2.40. The molecule has 1 aliphatic heterocycles. The van der Waals surface area contributed by atoms with Crippen LogP contribution >= 0.6 is 0 Å². The Labute approximate surface area is 162 Å². The first kappa shape index (κ1) is 20.0. The van der Waals surface area contributed by atoms with E-state index in [2.05, 4.69) is 5.92 Å². The highest BCUT2D eigenvalue weighted by molar-refractivity contribution is 5.79. The van der Waals surface area contributed by atoms with E-state index in [1.807, 2.05) is 6.92 Å². The van der Waals surface area contributed by atoms with Crippen LogP contribution < -0.4 is 0 Å². The fraction of sp³-hybridized carbons (Fsp3) is 0.318. The molecule has 0 radical (unpaired) electrons. The number of hydrogen-bond acceptors (Lipinski definition) is 2. The van der Waals surface area contributed by atoms with Gasteiger partial charge in [0, 0.05) is 12.5 Å². The molecule has 2 aromatic rings. The van der Waals surface area contributed by atoms with Crippen molar-refractivity contribution in [2.75, 3.05) is 6.61 Å². The maximum absolute atomic E-state index is 13.9. The molecule has 1 amide bonds. The van der Waals surface area contributed by atoms with Crippen LogP contribution in [-0.2, 0) is 9.53 Å². The second-order valence-corrected chi connectivity index (χ2v) is 6.79. The third kappa shape index (κ3) is 4.05. The molecular weight excluding hydrogens is 367 g/mol. The summed E-state index contributed by atoms with van der Waals surface area (Å²) in [5, 5.41) is 0. The second-order valence-electron chi connectivity index (χ2n) is 6.79. The number of rotatable bonds is 6. The number of carbonyl (C=O) groups is 1. The van der Waals surface area contributed by atoms with E-state index in [9.17, 15) is 18.0 Å². The number of nitrogens with zero attached hydrogens (tertiary/aromatic N) is 1. The van der Waals surface area contributed by atoms with Gasteiger partial charge in [-0.2, -0.15) is 0 Å². The monoisotopic (exact) mass is 387 g/mol. The average Bonchev–Trinajstić information content (AvgIpc) is 3.00. The van der Waals surface area contributed by atoms with Crippen molar-refractivity contribution in [2.45, 2.75) is 38.0 Å². The molecule has 1 fully saturated rings. The number of benzene rings is 2. The first-order chi connectivity index (χ1) is 13.4. The Morgan fingerprint density at radius 1 is 1.14 bits per heavy atom. The Balaban J connectivity index is 2.12. The van der Waals surface area contributed by atoms with Gasteiger partial charge in [-0.25, -0.2) is 13.2 Å². The molecule has 1 unspecified atom stereocenters. The number of halogens is 3. The summed E-state index contributed by atoms with van der Waals surface area (Å²) in [6.07, 6.45) is 5.53. The van der Waals surface area contributed by atoms with Crippen LogP contribution in [0.15, 0.2) is 42.5 Å². The highest BCUT2D eigenvalue weighted by Crippen LogP contribution is 2.41. The molecule has 3 atom stereocenters. The topological polar surface area (TPSA) is 29.5 Å². The SMILES string of the molecule is C#CCO[C@H](c1ccc(F)c(F)c1)[C@H](c1ccc(F)cc1)N1C(=O)CCC1C. The number of likely N-dealkylation sites (tertiary alicyclic amines) is 1. The lowest BCUT2D eigenvalue weighted by Gasteiger charge is -2.37. The van der Waals surface area contributed by atoms with Gasteiger partial charge in [-0.15, -0.1) is 6.42 Å². The third-order valence-corrected chi connectivity index (χ3v) is 4.96. The number of terminal acetylenes is 1. The maximum Gasteiger partial charge on any atom is 0.223 e. The predicted molar refractivity (Wildman–Crippen MR) is 98.6 cm³/mol. The van der Waals surface area contributed by atoms with Gasteiger partial charge in [-0.05, 0) is 48.7 Å². The molecular formula is C22H20F3NO2. The number of amides is 1. The van der Waals surface area contributed by atoms with Gasteiger partial charge in [0.15, 0.2) is 11.6 Å². The second kappa shape index (κ2) is 8.49. The lowest BCUT2D eigenvalue weighted by Crippen LogP contribution is -2.39. The minimum absolute atomic E-state index is 0.0845. The van der Waals surface area contributed by atoms with Crippen molar-refractivity contribution in [3.8, 4) is 12.3 Å². The molecule has 1 aliphatic rings. The van der Waals surface area contributed by atoms with Gasteiger partial charge in [0.2, 0.25) is 5.91 Å². The van der Waals surface area contributed by atoms with Crippen LogP contribution in [0.4, 0.5) is 13.2 Å². The lowest BCUT2D eigenvalue weighted by molar-refractivity contribution is -0.135. The molecule has 6 heteroatoms. The van der Waals surface area contributed by atoms with Crippen LogP contribution in [-0.4, -0.2) is 23.5 Å². The van der Waals surface area contributed by atoms with E-state index in [0.717, 1.165) is 12.1 Å². The summed E-state index contributed by atoms with van der Waals surface area (Å²) in [5.74, 6) is -0.141. The van der Waals surface area contributed by atoms with Crippen molar-refractivity contribution < 1.29 is 22.7 Å². The molecule has 3 nitrogen and oxygen atoms in total. The number of ether oxygens (including phenoxy) is 1. The number of hydrogen-bond donors (Lipinski definition) is 0. The average molecular weight is 387 g/mol. The van der Waals surface area contributed by atoms with Gasteiger partial charge in [-0.3, -0.25) is 4.79 Å². The zero-order valence-corrected chi connectivity index (χ0v) is 15.4. The van der Waals surface area contributed by atoms with E-state index < -0.39 is 29.6 Å². The van der Waals surface area contributed by atoms with Crippen molar-refractivity contribution in [1.29, 1.82) is 0 Å². The zero-order chi connectivity index (χ0) is 20.3. The van der Waals surface area contributed by atoms with Crippen molar-refractivity contribution in [3.63, 3.8) is 0 Å². The van der Waals surface area contributed by atoms with Crippen LogP contribution in [0.25, 0.3) is 0 Å². The van der Waals surface area contributed by atoms with Crippen LogP contribution in [0.2, 0.25) is 0 Å². The maximum atomic E-state index is 13.9. The minimum Gasteiger partial charge on any atom is -0.358 e. The predicted octanol–water partition coefficient (Wildman–Crippen LogP) is 4.55. The summed E-state index contributed by atoms with van der Waals surface area (Å²) in [4.78, 5) is 14.3. The summed E-state index contributed by atoms with van der Waals surface area (Å²) in [6, 6.07) is 8.39. The van der Waals surface area contributed by atoms with E-state index in [1.165, 1.54) is 18.2 Å². The Kier molecular flexibility index (Phi) is 6.05. The van der Waals surface area contributed by atoms with Crippen molar-refractivity contribution in [3.05, 3.63) is 71.0 Å². The van der Waals surface area contributed by atoms with E-state index in [-0.39, 0.29) is 18.6 Å². The molecule has 0 spiro atoms. The molecule has 2 aromatic carbocycles. The molecule has 0 aliphatic carbocycles. The molecule has 146 valence electrons. The summed E-state index contributed by atoms with van der Waals surface area (Å²) in [7, 11) is 0. The molecule has 1 heterocycles. The quantitative estimate of drug-likeness (QED) is 0.681. The Bertz CT molecular complexity index is 892. The van der Waals surface area contributed by atoms with E-state index in [0.29, 0.717) is 24.0 Å². The Hall–Kier alpha value is -2.78. The normalized spacial score (nSPS) is 18.8. The minimum atomic E-state index is -1.02. The van der Waals surface area contributed by atoms with Gasteiger partial charge in [0.1, 0.15) is 18.5 Å². The fourth-order valence-corrected chi connectivity index (χ4v) is 3.61. The standard InChI is InChI=1S/C22H20F3NO2/c1-3-12-28-22(16-7-10-18(24)19(25)13-16)21(15-5-8-17(23)9-6-15)26-14(2)4-11-20(26)27/h1,5-10,13-14,21-22H,4,11-12H2,2H3/t14?,21-,22+/m0/s1. The summed E-state index contributed by atoms with van der Waals surface area (Å²) in [5.41, 5.74) is 0.964. The molecule has 0 bridgehead atoms. The third-order valence-electron chi connectivity index (χ3n) is 4.96. The van der Waals surface area contributed by atoms with Gasteiger partial charge in [0.25, 0.3) is 0 Å². The zero-order valence-electron chi connectivity index (χ0n) is 15.4. The molecule has 0 N–H and O–H groups in total. The highest BCUT2D eigenvalue weighted by atomic mass is 19.2. The Morgan fingerprint density at radius 3 is 2.39 bits per heavy atom. The van der Waals surface area contributed by atoms with Gasteiger partial charge >= 0.3 is 0 Å². The van der Waals surface area contributed by atoms with Gasteiger partial charge in [-0.1, -0.05) is 24.1 Å². The van der Waals surface area contributed by atoms with Crippen LogP contribution in [0.3, 0.4) is 0 Å². The first-order valence-corrected chi connectivity index (χ1v) is 8.99. The molecule has 0 saturated carbocycles. The van der Waals surface area contributed by atoms with Crippen molar-refractivity contribution in [2.24, 2.45) is 0 Å². The van der Waals surface area contributed by atoms with Crippen molar-refractivity contribution >= 4 is 5.91 Å². The van der Waals surface area contributed by atoms with Gasteiger partial charge in [0.05, 0.1) is 6.04 Å². The lowest BCUT2D eigenvalue weighted by atomic mass is 9.93. The largest absolute Gasteiger partial charge is 0.358 e. The molecule has 1 saturated heterocycles. The van der Waals surface area contributed by atoms with E-state index >= 15 is 0 Å². The molecule has 28 heavy (non-hydrogen) atoms. The van der Waals surface area contributed by atoms with E-state index in [4.69, 9.17) is 11.2 Å². The van der Waals surface area contributed by atoms with E-state index in [1.54, 1.807) is 17.0 Å². The molecule has 3 rings (SSSR count). The summed E-state index contributed by atoms with van der Waals surface area (Å²) >= 11 is 0. The summed E-state index contributed by atoms with van der Waals surface area (Å²) < 4.78 is 46.7. The fourth-order valence-electron chi connectivity index (χ4n) is 3.61.